The Morgan fingerprint density at radius 2 is 1.88 bits per heavy atom. The Morgan fingerprint density at radius 3 is 2.58 bits per heavy atom. The summed E-state index contributed by atoms with van der Waals surface area (Å²) < 4.78 is 15.1. The molecule has 0 unspecified atom stereocenters. The maximum atomic E-state index is 14.0. The van der Waals surface area contributed by atoms with E-state index in [0.29, 0.717) is 11.7 Å². The Balaban J connectivity index is 1.99. The summed E-state index contributed by atoms with van der Waals surface area (Å²) in [5, 5.41) is 0.603. The third kappa shape index (κ3) is 3.44. The van der Waals surface area contributed by atoms with E-state index < -0.39 is 5.82 Å². The van der Waals surface area contributed by atoms with Crippen LogP contribution in [0.15, 0.2) is 48.5 Å². The Labute approximate surface area is 144 Å². The molecule has 0 bridgehead atoms. The Bertz CT molecular complexity index is 829. The number of amides is 1. The van der Waals surface area contributed by atoms with Gasteiger partial charge in [-0.25, -0.2) is 9.37 Å². The van der Waals surface area contributed by atoms with Crippen molar-refractivity contribution in [1.82, 2.24) is 4.98 Å². The number of nitrogens with one attached hydrogen (secondary N) is 1. The molecule has 2 aromatic carbocycles. The molecule has 1 N–H and O–H groups in total. The second-order valence-corrected chi connectivity index (χ2v) is 6.87. The molecule has 1 heterocycles. The largest absolute Gasteiger partial charge is 0.338 e. The van der Waals surface area contributed by atoms with Crippen LogP contribution in [0.1, 0.15) is 10.4 Å². The van der Waals surface area contributed by atoms with Gasteiger partial charge in [0.1, 0.15) is 5.82 Å². The molecule has 0 atom stereocenters. The minimum Gasteiger partial charge on any atom is -0.338 e. The van der Waals surface area contributed by atoms with Gasteiger partial charge in [-0.15, -0.1) is 0 Å². The summed E-state index contributed by atoms with van der Waals surface area (Å²) in [6, 6.07) is 13.8. The van der Waals surface area contributed by atoms with Gasteiger partial charge in [-0.3, -0.25) is 9.69 Å². The molecular formula is C18H19FN3OS+. The van der Waals surface area contributed by atoms with Crippen molar-refractivity contribution in [2.45, 2.75) is 0 Å². The number of halogens is 1. The second kappa shape index (κ2) is 7.07. The van der Waals surface area contributed by atoms with Crippen LogP contribution in [0.2, 0.25) is 0 Å². The number of hydrogen-bond acceptors (Lipinski definition) is 3. The minimum atomic E-state index is -0.509. The number of nitrogens with zero attached hydrogens (tertiary/aromatic N) is 2. The minimum absolute atomic E-state index is 0.0745. The van der Waals surface area contributed by atoms with Gasteiger partial charge in [0.2, 0.25) is 0 Å². The number of carbonyl (C=O) groups excluding carboxylic acids is 1. The highest BCUT2D eigenvalue weighted by Crippen LogP contribution is 2.29. The number of para-hydroxylation sites is 1. The van der Waals surface area contributed by atoms with Crippen LogP contribution in [-0.2, 0) is 0 Å². The van der Waals surface area contributed by atoms with Crippen LogP contribution in [0.3, 0.4) is 0 Å². The van der Waals surface area contributed by atoms with Crippen LogP contribution in [0.25, 0.3) is 10.2 Å². The number of aromatic nitrogens is 1. The number of carbonyl (C=O) groups is 1. The first-order valence-corrected chi connectivity index (χ1v) is 8.59. The van der Waals surface area contributed by atoms with Crippen molar-refractivity contribution in [2.24, 2.45) is 0 Å². The van der Waals surface area contributed by atoms with Gasteiger partial charge >= 0.3 is 0 Å². The maximum Gasteiger partial charge on any atom is 0.263 e. The van der Waals surface area contributed by atoms with Crippen molar-refractivity contribution >= 4 is 32.6 Å². The van der Waals surface area contributed by atoms with Gasteiger partial charge in [0, 0.05) is 0 Å². The molecule has 4 nitrogen and oxygen atoms in total. The van der Waals surface area contributed by atoms with E-state index in [1.54, 1.807) is 17.0 Å². The molecule has 0 aliphatic rings. The van der Waals surface area contributed by atoms with Crippen molar-refractivity contribution in [2.75, 3.05) is 32.1 Å². The lowest BCUT2D eigenvalue weighted by Gasteiger charge is -2.20. The monoisotopic (exact) mass is 344 g/mol. The van der Waals surface area contributed by atoms with Crippen molar-refractivity contribution in [1.29, 1.82) is 0 Å². The van der Waals surface area contributed by atoms with Gasteiger partial charge in [-0.1, -0.05) is 35.6 Å². The summed E-state index contributed by atoms with van der Waals surface area (Å²) in [5.74, 6) is -0.862. The van der Waals surface area contributed by atoms with Crippen LogP contribution in [0.4, 0.5) is 9.52 Å². The van der Waals surface area contributed by atoms with Crippen molar-refractivity contribution in [3.8, 4) is 0 Å². The Kier molecular flexibility index (Phi) is 4.87. The highest BCUT2D eigenvalue weighted by Gasteiger charge is 2.24. The molecule has 0 spiro atoms. The Morgan fingerprint density at radius 1 is 1.17 bits per heavy atom. The van der Waals surface area contributed by atoms with Gasteiger partial charge in [0.05, 0.1) is 43.0 Å². The molecule has 1 aromatic heterocycles. The SMILES string of the molecule is C[NH+](C)CCN(C(=O)c1ccccc1F)c1nc2ccccc2s1. The first-order valence-electron chi connectivity index (χ1n) is 7.77. The van der Waals surface area contributed by atoms with E-state index in [4.69, 9.17) is 0 Å². The fourth-order valence-electron chi connectivity index (χ4n) is 2.38. The topological polar surface area (TPSA) is 37.6 Å². The normalized spacial score (nSPS) is 11.2. The lowest BCUT2D eigenvalue weighted by atomic mass is 10.2. The predicted molar refractivity (Wildman–Crippen MR) is 95.4 cm³/mol. The smallest absolute Gasteiger partial charge is 0.263 e. The number of thiazole rings is 1. The van der Waals surface area contributed by atoms with E-state index in [1.807, 2.05) is 38.4 Å². The fraction of sp³-hybridized carbons (Fsp3) is 0.222. The van der Waals surface area contributed by atoms with Gasteiger partial charge in [-0.05, 0) is 24.3 Å². The fourth-order valence-corrected chi connectivity index (χ4v) is 3.36. The van der Waals surface area contributed by atoms with Crippen molar-refractivity contribution in [3.05, 3.63) is 59.9 Å². The number of hydrogen-bond donors (Lipinski definition) is 1. The van der Waals surface area contributed by atoms with E-state index in [-0.39, 0.29) is 11.5 Å². The lowest BCUT2D eigenvalue weighted by Crippen LogP contribution is -3.06. The van der Waals surface area contributed by atoms with Crippen molar-refractivity contribution in [3.63, 3.8) is 0 Å². The quantitative estimate of drug-likeness (QED) is 0.771. The molecule has 1 amide bonds. The Hall–Kier alpha value is -2.31. The van der Waals surface area contributed by atoms with E-state index in [9.17, 15) is 9.18 Å². The molecule has 0 radical (unpaired) electrons. The molecule has 0 saturated carbocycles. The lowest BCUT2D eigenvalue weighted by molar-refractivity contribution is -0.856. The van der Waals surface area contributed by atoms with Crippen LogP contribution >= 0.6 is 11.3 Å². The first-order chi connectivity index (χ1) is 11.6. The zero-order chi connectivity index (χ0) is 17.1. The highest BCUT2D eigenvalue weighted by atomic mass is 32.1. The average Bonchev–Trinajstić information content (AvgIpc) is 2.98. The zero-order valence-electron chi connectivity index (χ0n) is 13.6. The number of quaternary nitrogens is 1. The van der Waals surface area contributed by atoms with Gasteiger partial charge in [0.15, 0.2) is 5.13 Å². The van der Waals surface area contributed by atoms with E-state index in [1.165, 1.54) is 28.4 Å². The van der Waals surface area contributed by atoms with E-state index >= 15 is 0 Å². The van der Waals surface area contributed by atoms with Gasteiger partial charge in [-0.2, -0.15) is 0 Å². The van der Waals surface area contributed by atoms with E-state index in [0.717, 1.165) is 16.8 Å². The molecule has 124 valence electrons. The molecule has 0 aliphatic carbocycles. The molecule has 6 heteroatoms. The molecule has 0 aliphatic heterocycles. The summed E-state index contributed by atoms with van der Waals surface area (Å²) in [6.45, 7) is 1.23. The third-order valence-corrected chi connectivity index (χ3v) is 4.76. The summed E-state index contributed by atoms with van der Waals surface area (Å²) in [7, 11) is 4.04. The summed E-state index contributed by atoms with van der Waals surface area (Å²) in [4.78, 5) is 20.2. The number of anilines is 1. The zero-order valence-corrected chi connectivity index (χ0v) is 14.4. The predicted octanol–water partition coefficient (Wildman–Crippen LogP) is 2.23. The third-order valence-electron chi connectivity index (χ3n) is 3.70. The summed E-state index contributed by atoms with van der Waals surface area (Å²) in [6.07, 6.45) is 0. The second-order valence-electron chi connectivity index (χ2n) is 5.86. The number of rotatable bonds is 5. The molecule has 0 saturated heterocycles. The number of fused-ring (bicyclic) bond motifs is 1. The maximum absolute atomic E-state index is 14.0. The molecular weight excluding hydrogens is 325 g/mol. The van der Waals surface area contributed by atoms with E-state index in [2.05, 4.69) is 4.98 Å². The van der Waals surface area contributed by atoms with Crippen LogP contribution in [-0.4, -0.2) is 38.1 Å². The van der Waals surface area contributed by atoms with Crippen LogP contribution in [0, 0.1) is 5.82 Å². The number of benzene rings is 2. The molecule has 3 rings (SSSR count). The highest BCUT2D eigenvalue weighted by molar-refractivity contribution is 7.22. The number of likely N-dealkylation sites (N-methyl/N-ethyl adjacent to an activating group) is 1. The van der Waals surface area contributed by atoms with Gasteiger partial charge in [0.25, 0.3) is 5.91 Å². The first kappa shape index (κ1) is 16.5. The molecule has 0 fully saturated rings. The summed E-state index contributed by atoms with van der Waals surface area (Å²) in [5.41, 5.74) is 0.923. The standard InChI is InChI=1S/C18H18FN3OS/c1-21(2)11-12-22(17(23)13-7-3-4-8-14(13)19)18-20-15-9-5-6-10-16(15)24-18/h3-10H,11-12H2,1-2H3/p+1. The van der Waals surface area contributed by atoms with Crippen molar-refractivity contribution < 1.29 is 14.1 Å². The van der Waals surface area contributed by atoms with Crippen LogP contribution in [0.5, 0.6) is 0 Å². The molecule has 3 aromatic rings. The average molecular weight is 344 g/mol. The summed E-state index contributed by atoms with van der Waals surface area (Å²) >= 11 is 1.45. The van der Waals surface area contributed by atoms with Gasteiger partial charge < -0.3 is 4.90 Å². The molecule has 24 heavy (non-hydrogen) atoms. The van der Waals surface area contributed by atoms with Crippen LogP contribution < -0.4 is 9.80 Å².